The third-order valence-corrected chi connectivity index (χ3v) is 2.93. The van der Waals surface area contributed by atoms with Crippen LogP contribution in [0.1, 0.15) is 22.4 Å². The lowest BCUT2D eigenvalue weighted by Crippen LogP contribution is -2.18. The van der Waals surface area contributed by atoms with E-state index in [2.05, 4.69) is 14.8 Å². The number of alkyl halides is 3. The molecule has 6 nitrogen and oxygen atoms in total. The molecule has 102 valence electrons. The van der Waals surface area contributed by atoms with Crippen molar-refractivity contribution in [1.82, 2.24) is 14.6 Å². The summed E-state index contributed by atoms with van der Waals surface area (Å²) in [4.78, 5) is 25.8. The van der Waals surface area contributed by atoms with E-state index in [4.69, 9.17) is 0 Å². The standard InChI is InChI=1S/C9H6F3N3O3S/c1-2-18-6(17)4-3-5(16)13-8-15(4)14-7(19-8)9(10,11)12/h3H,2H2,1H3. The average molecular weight is 293 g/mol. The van der Waals surface area contributed by atoms with E-state index < -0.39 is 22.7 Å². The van der Waals surface area contributed by atoms with Gasteiger partial charge in [0.25, 0.3) is 5.56 Å². The summed E-state index contributed by atoms with van der Waals surface area (Å²) in [5.74, 6) is -0.934. The van der Waals surface area contributed by atoms with Crippen molar-refractivity contribution in [2.45, 2.75) is 13.1 Å². The van der Waals surface area contributed by atoms with Crippen LogP contribution in [0.5, 0.6) is 0 Å². The molecule has 0 radical (unpaired) electrons. The summed E-state index contributed by atoms with van der Waals surface area (Å²) in [7, 11) is 0. The first kappa shape index (κ1) is 13.5. The Labute approximate surface area is 107 Å². The van der Waals surface area contributed by atoms with Gasteiger partial charge in [-0.15, -0.1) is 5.10 Å². The third kappa shape index (κ3) is 2.57. The molecule has 0 saturated carbocycles. The van der Waals surface area contributed by atoms with Crippen LogP contribution < -0.4 is 5.56 Å². The second kappa shape index (κ2) is 4.61. The highest BCUT2D eigenvalue weighted by Gasteiger charge is 2.36. The van der Waals surface area contributed by atoms with Gasteiger partial charge < -0.3 is 4.74 Å². The van der Waals surface area contributed by atoms with Crippen molar-refractivity contribution in [1.29, 1.82) is 0 Å². The van der Waals surface area contributed by atoms with Crippen LogP contribution in [0, 0.1) is 0 Å². The highest BCUT2D eigenvalue weighted by molar-refractivity contribution is 7.16. The molecule has 0 fully saturated rings. The molecule has 0 aliphatic carbocycles. The molecule has 0 amide bonds. The average Bonchev–Trinajstić information content (AvgIpc) is 2.71. The van der Waals surface area contributed by atoms with Gasteiger partial charge in [0.1, 0.15) is 0 Å². The molecule has 0 spiro atoms. The second-order valence-electron chi connectivity index (χ2n) is 3.30. The summed E-state index contributed by atoms with van der Waals surface area (Å²) in [6.07, 6.45) is -4.67. The fourth-order valence-electron chi connectivity index (χ4n) is 1.28. The lowest BCUT2D eigenvalue weighted by atomic mass is 10.4. The Morgan fingerprint density at radius 2 is 2.21 bits per heavy atom. The molecule has 0 atom stereocenters. The van der Waals surface area contributed by atoms with E-state index >= 15 is 0 Å². The van der Waals surface area contributed by atoms with Gasteiger partial charge in [-0.05, 0) is 6.92 Å². The zero-order chi connectivity index (χ0) is 14.2. The topological polar surface area (TPSA) is 73.6 Å². The van der Waals surface area contributed by atoms with Crippen molar-refractivity contribution in [3.05, 3.63) is 27.1 Å². The van der Waals surface area contributed by atoms with Crippen LogP contribution in [-0.2, 0) is 10.9 Å². The fourth-order valence-corrected chi connectivity index (χ4v) is 2.05. The van der Waals surface area contributed by atoms with E-state index in [1.165, 1.54) is 6.92 Å². The summed E-state index contributed by atoms with van der Waals surface area (Å²) >= 11 is 0.176. The first-order valence-electron chi connectivity index (χ1n) is 4.98. The van der Waals surface area contributed by atoms with Crippen molar-refractivity contribution in [3.8, 4) is 0 Å². The van der Waals surface area contributed by atoms with Gasteiger partial charge in [0.05, 0.1) is 6.61 Å². The van der Waals surface area contributed by atoms with Gasteiger partial charge in [0.2, 0.25) is 9.97 Å². The van der Waals surface area contributed by atoms with Crippen molar-refractivity contribution >= 4 is 22.3 Å². The van der Waals surface area contributed by atoms with Crippen LogP contribution in [0.3, 0.4) is 0 Å². The first-order chi connectivity index (χ1) is 8.82. The zero-order valence-electron chi connectivity index (χ0n) is 9.39. The number of halogens is 3. The van der Waals surface area contributed by atoms with Crippen LogP contribution >= 0.6 is 11.3 Å². The molecule has 0 aliphatic rings. The predicted molar refractivity (Wildman–Crippen MR) is 58.1 cm³/mol. The van der Waals surface area contributed by atoms with Crippen LogP contribution in [0.25, 0.3) is 4.96 Å². The van der Waals surface area contributed by atoms with Gasteiger partial charge in [-0.25, -0.2) is 4.79 Å². The minimum absolute atomic E-state index is 0.0215. The van der Waals surface area contributed by atoms with Crippen LogP contribution in [0.15, 0.2) is 10.9 Å². The van der Waals surface area contributed by atoms with Gasteiger partial charge in [0, 0.05) is 6.07 Å². The number of nitrogens with zero attached hydrogens (tertiary/aromatic N) is 3. The molecule has 0 bridgehead atoms. The van der Waals surface area contributed by atoms with Crippen LogP contribution in [-0.4, -0.2) is 27.2 Å². The van der Waals surface area contributed by atoms with Gasteiger partial charge in [0.15, 0.2) is 5.69 Å². The normalized spacial score (nSPS) is 11.8. The minimum atomic E-state index is -4.67. The molecule has 0 N–H and O–H groups in total. The van der Waals surface area contributed by atoms with Crippen molar-refractivity contribution in [2.75, 3.05) is 6.61 Å². The number of rotatable bonds is 2. The third-order valence-electron chi connectivity index (χ3n) is 1.98. The molecule has 0 aliphatic heterocycles. The minimum Gasteiger partial charge on any atom is -0.461 e. The highest BCUT2D eigenvalue weighted by Crippen LogP contribution is 2.32. The SMILES string of the molecule is CCOC(=O)c1cc(=O)nc2sc(C(F)(F)F)nn12. The second-order valence-corrected chi connectivity index (χ2v) is 4.26. The Bertz CT molecular complexity index is 691. The zero-order valence-corrected chi connectivity index (χ0v) is 10.2. The molecule has 2 rings (SSSR count). The Kier molecular flexibility index (Phi) is 3.27. The van der Waals surface area contributed by atoms with Crippen molar-refractivity contribution in [3.63, 3.8) is 0 Å². The number of hydrogen-bond donors (Lipinski definition) is 0. The van der Waals surface area contributed by atoms with E-state index in [9.17, 15) is 22.8 Å². The van der Waals surface area contributed by atoms with E-state index in [-0.39, 0.29) is 28.6 Å². The number of ether oxygens (including phenoxy) is 1. The Balaban J connectivity index is 2.67. The Morgan fingerprint density at radius 1 is 1.53 bits per heavy atom. The molecule has 0 aromatic carbocycles. The Morgan fingerprint density at radius 3 is 2.79 bits per heavy atom. The Hall–Kier alpha value is -1.97. The van der Waals surface area contributed by atoms with Gasteiger partial charge in [-0.3, -0.25) is 4.79 Å². The molecule has 19 heavy (non-hydrogen) atoms. The summed E-state index contributed by atoms with van der Waals surface area (Å²) in [6.45, 7) is 1.55. The summed E-state index contributed by atoms with van der Waals surface area (Å²) in [5, 5.41) is 2.04. The highest BCUT2D eigenvalue weighted by atomic mass is 32.1. The molecular weight excluding hydrogens is 287 g/mol. The fraction of sp³-hybridized carbons (Fsp3) is 0.333. The van der Waals surface area contributed by atoms with Crippen LogP contribution in [0.2, 0.25) is 0 Å². The number of fused-ring (bicyclic) bond motifs is 1. The van der Waals surface area contributed by atoms with E-state index in [1.54, 1.807) is 0 Å². The predicted octanol–water partition coefficient (Wildman–Crippen LogP) is 1.35. The van der Waals surface area contributed by atoms with E-state index in [0.717, 1.165) is 6.07 Å². The maximum Gasteiger partial charge on any atom is 0.445 e. The van der Waals surface area contributed by atoms with Gasteiger partial charge >= 0.3 is 12.1 Å². The maximum atomic E-state index is 12.5. The number of aromatic nitrogens is 3. The summed E-state index contributed by atoms with van der Waals surface area (Å²) in [6, 6.07) is 0.783. The van der Waals surface area contributed by atoms with Gasteiger partial charge in [-0.1, -0.05) is 11.3 Å². The smallest absolute Gasteiger partial charge is 0.445 e. The molecule has 0 saturated heterocycles. The number of esters is 1. The van der Waals surface area contributed by atoms with Crippen molar-refractivity contribution in [2.24, 2.45) is 0 Å². The van der Waals surface area contributed by atoms with E-state index in [1.807, 2.05) is 0 Å². The van der Waals surface area contributed by atoms with Gasteiger partial charge in [-0.2, -0.15) is 22.7 Å². The quantitative estimate of drug-likeness (QED) is 0.781. The number of carbonyl (C=O) groups excluding carboxylic acids is 1. The summed E-state index contributed by atoms with van der Waals surface area (Å²) < 4.78 is 42.9. The lowest BCUT2D eigenvalue weighted by Gasteiger charge is -2.02. The van der Waals surface area contributed by atoms with Crippen molar-refractivity contribution < 1.29 is 22.7 Å². The number of carbonyl (C=O) groups is 1. The molecule has 2 aromatic heterocycles. The molecule has 10 heteroatoms. The molecule has 0 unspecified atom stereocenters. The van der Waals surface area contributed by atoms with E-state index in [0.29, 0.717) is 4.52 Å². The first-order valence-corrected chi connectivity index (χ1v) is 5.80. The monoisotopic (exact) mass is 293 g/mol. The molecule has 2 aromatic rings. The lowest BCUT2D eigenvalue weighted by molar-refractivity contribution is -0.138. The largest absolute Gasteiger partial charge is 0.461 e. The maximum absolute atomic E-state index is 12.5. The number of hydrogen-bond acceptors (Lipinski definition) is 6. The summed E-state index contributed by atoms with van der Waals surface area (Å²) in [5.41, 5.74) is -1.22. The van der Waals surface area contributed by atoms with Crippen LogP contribution in [0.4, 0.5) is 13.2 Å². The molecule has 2 heterocycles. The molecular formula is C9H6F3N3O3S.